The van der Waals surface area contributed by atoms with Crippen LogP contribution in [-0.4, -0.2) is 37.0 Å². The largest absolute Gasteiger partial charge is 0.389 e. The number of hydrogen-bond acceptors (Lipinski definition) is 3. The van der Waals surface area contributed by atoms with Crippen LogP contribution in [0.4, 0.5) is 0 Å². The van der Waals surface area contributed by atoms with Crippen molar-refractivity contribution in [2.45, 2.75) is 51.7 Å². The first kappa shape index (κ1) is 12.9. The Morgan fingerprint density at radius 2 is 2.20 bits per heavy atom. The number of unbranched alkanes of at least 4 members (excludes halogenated alkanes) is 1. The zero-order chi connectivity index (χ0) is 11.1. The van der Waals surface area contributed by atoms with Gasteiger partial charge >= 0.3 is 0 Å². The topological polar surface area (TPSA) is 41.5 Å². The Kier molecular flexibility index (Phi) is 6.22. The average molecular weight is 215 g/mol. The van der Waals surface area contributed by atoms with Crippen molar-refractivity contribution in [2.24, 2.45) is 5.92 Å². The summed E-state index contributed by atoms with van der Waals surface area (Å²) in [5.74, 6) is 0.846. The minimum atomic E-state index is -0.358. The second kappa shape index (κ2) is 7.20. The van der Waals surface area contributed by atoms with E-state index in [0.29, 0.717) is 19.2 Å². The molecule has 1 rings (SSSR count). The van der Waals surface area contributed by atoms with E-state index in [9.17, 15) is 5.11 Å². The second-order valence-corrected chi connectivity index (χ2v) is 4.62. The molecule has 2 unspecified atom stereocenters. The normalized spacial score (nSPS) is 20.2. The van der Waals surface area contributed by atoms with Crippen LogP contribution in [0.3, 0.4) is 0 Å². The molecule has 0 aromatic carbocycles. The van der Waals surface area contributed by atoms with Crippen LogP contribution in [0.1, 0.15) is 39.5 Å². The second-order valence-electron chi connectivity index (χ2n) is 4.62. The van der Waals surface area contributed by atoms with Crippen molar-refractivity contribution >= 4 is 0 Å². The first-order valence-corrected chi connectivity index (χ1v) is 6.23. The smallest absolute Gasteiger partial charge is 0.0897 e. The fourth-order valence-electron chi connectivity index (χ4n) is 1.61. The van der Waals surface area contributed by atoms with Crippen LogP contribution < -0.4 is 5.32 Å². The lowest BCUT2D eigenvalue weighted by Crippen LogP contribution is -2.37. The van der Waals surface area contributed by atoms with Crippen molar-refractivity contribution in [3.05, 3.63) is 0 Å². The van der Waals surface area contributed by atoms with Crippen LogP contribution in [0.2, 0.25) is 0 Å². The van der Waals surface area contributed by atoms with E-state index in [0.717, 1.165) is 25.4 Å². The molecule has 0 aliphatic heterocycles. The molecule has 0 spiro atoms. The Morgan fingerprint density at radius 1 is 1.47 bits per heavy atom. The van der Waals surface area contributed by atoms with Crippen molar-refractivity contribution in [2.75, 3.05) is 19.8 Å². The Hall–Kier alpha value is -0.120. The highest BCUT2D eigenvalue weighted by molar-refractivity contribution is 4.83. The summed E-state index contributed by atoms with van der Waals surface area (Å²) in [6.45, 7) is 6.22. The number of rotatable bonds is 9. The van der Waals surface area contributed by atoms with E-state index in [4.69, 9.17) is 4.74 Å². The molecule has 0 radical (unpaired) electrons. The summed E-state index contributed by atoms with van der Waals surface area (Å²) in [7, 11) is 0. The summed E-state index contributed by atoms with van der Waals surface area (Å²) in [5.41, 5.74) is 0. The maximum atomic E-state index is 9.61. The van der Waals surface area contributed by atoms with E-state index in [1.54, 1.807) is 0 Å². The maximum absolute atomic E-state index is 9.61. The summed E-state index contributed by atoms with van der Waals surface area (Å²) in [6, 6.07) is 0.551. The molecule has 1 saturated carbocycles. The number of ether oxygens (including phenoxy) is 1. The molecule has 90 valence electrons. The van der Waals surface area contributed by atoms with Gasteiger partial charge < -0.3 is 15.2 Å². The third kappa shape index (κ3) is 6.13. The maximum Gasteiger partial charge on any atom is 0.0897 e. The number of nitrogens with one attached hydrogen (secondary N) is 1. The molecule has 15 heavy (non-hydrogen) atoms. The molecule has 1 fully saturated rings. The molecule has 0 aromatic rings. The van der Waals surface area contributed by atoms with Crippen molar-refractivity contribution in [3.8, 4) is 0 Å². The fraction of sp³-hybridized carbons (Fsp3) is 1.00. The van der Waals surface area contributed by atoms with Crippen LogP contribution in [0, 0.1) is 5.92 Å². The van der Waals surface area contributed by atoms with E-state index < -0.39 is 0 Å². The highest BCUT2D eigenvalue weighted by Crippen LogP contribution is 2.32. The number of aliphatic hydroxyl groups excluding tert-OH is 1. The van der Waals surface area contributed by atoms with E-state index in [1.807, 2.05) is 0 Å². The number of hydrogen-bond donors (Lipinski definition) is 2. The lowest BCUT2D eigenvalue weighted by molar-refractivity contribution is 0.0345. The van der Waals surface area contributed by atoms with Gasteiger partial charge in [0.2, 0.25) is 0 Å². The third-order valence-corrected chi connectivity index (χ3v) is 2.96. The summed E-state index contributed by atoms with van der Waals surface area (Å²) < 4.78 is 5.35. The van der Waals surface area contributed by atoms with E-state index in [2.05, 4.69) is 19.2 Å². The summed E-state index contributed by atoms with van der Waals surface area (Å²) >= 11 is 0. The van der Waals surface area contributed by atoms with Crippen LogP contribution in [0.5, 0.6) is 0 Å². The van der Waals surface area contributed by atoms with Gasteiger partial charge in [-0.2, -0.15) is 0 Å². The molecule has 0 bridgehead atoms. The molecule has 2 atom stereocenters. The first-order valence-electron chi connectivity index (χ1n) is 6.23. The van der Waals surface area contributed by atoms with Gasteiger partial charge in [-0.3, -0.25) is 0 Å². The Labute approximate surface area is 93.2 Å². The van der Waals surface area contributed by atoms with Gasteiger partial charge in [0.1, 0.15) is 0 Å². The van der Waals surface area contributed by atoms with Crippen LogP contribution in [-0.2, 0) is 4.74 Å². The van der Waals surface area contributed by atoms with Gasteiger partial charge in [0.05, 0.1) is 12.7 Å². The van der Waals surface area contributed by atoms with E-state index >= 15 is 0 Å². The summed E-state index contributed by atoms with van der Waals surface area (Å²) in [6.07, 6.45) is 4.56. The Morgan fingerprint density at radius 3 is 2.80 bits per heavy atom. The van der Waals surface area contributed by atoms with Crippen LogP contribution in [0.25, 0.3) is 0 Å². The van der Waals surface area contributed by atoms with Gasteiger partial charge in [0.25, 0.3) is 0 Å². The molecule has 3 nitrogen and oxygen atoms in total. The van der Waals surface area contributed by atoms with Gasteiger partial charge in [-0.1, -0.05) is 13.3 Å². The Balaban J connectivity index is 1.90. The lowest BCUT2D eigenvalue weighted by atomic mass is 10.2. The summed E-state index contributed by atoms with van der Waals surface area (Å²) in [5, 5.41) is 13.0. The van der Waals surface area contributed by atoms with Gasteiger partial charge in [-0.25, -0.2) is 0 Å². The minimum absolute atomic E-state index is 0.358. The third-order valence-electron chi connectivity index (χ3n) is 2.96. The van der Waals surface area contributed by atoms with Crippen molar-refractivity contribution < 1.29 is 9.84 Å². The molecule has 0 aromatic heterocycles. The van der Waals surface area contributed by atoms with Crippen molar-refractivity contribution in [1.82, 2.24) is 5.32 Å². The molecule has 1 aliphatic rings. The van der Waals surface area contributed by atoms with Gasteiger partial charge in [-0.05, 0) is 32.1 Å². The Bertz CT molecular complexity index is 160. The van der Waals surface area contributed by atoms with E-state index in [-0.39, 0.29) is 6.10 Å². The molecule has 3 heteroatoms. The van der Waals surface area contributed by atoms with Crippen molar-refractivity contribution in [3.63, 3.8) is 0 Å². The number of aliphatic hydroxyl groups is 1. The van der Waals surface area contributed by atoms with Crippen molar-refractivity contribution in [1.29, 1.82) is 0 Å². The molecule has 2 N–H and O–H groups in total. The zero-order valence-corrected chi connectivity index (χ0v) is 10.0. The SMILES string of the molecule is CCCCOCC(O)CNC(C)C1CC1. The predicted octanol–water partition coefficient (Wildman–Crippen LogP) is 1.55. The molecule has 0 heterocycles. The molecule has 1 aliphatic carbocycles. The van der Waals surface area contributed by atoms with Gasteiger partial charge in [0.15, 0.2) is 0 Å². The molecular formula is C12H25NO2. The minimum Gasteiger partial charge on any atom is -0.389 e. The highest BCUT2D eigenvalue weighted by atomic mass is 16.5. The first-order chi connectivity index (χ1) is 7.24. The average Bonchev–Trinajstić information content (AvgIpc) is 3.04. The quantitative estimate of drug-likeness (QED) is 0.573. The zero-order valence-electron chi connectivity index (χ0n) is 10.0. The highest BCUT2D eigenvalue weighted by Gasteiger charge is 2.27. The fourth-order valence-corrected chi connectivity index (χ4v) is 1.61. The van der Waals surface area contributed by atoms with Crippen LogP contribution in [0.15, 0.2) is 0 Å². The molecular weight excluding hydrogens is 190 g/mol. The monoisotopic (exact) mass is 215 g/mol. The van der Waals surface area contributed by atoms with Crippen LogP contribution >= 0.6 is 0 Å². The molecule has 0 saturated heterocycles. The van der Waals surface area contributed by atoms with Gasteiger partial charge in [0, 0.05) is 19.2 Å². The summed E-state index contributed by atoms with van der Waals surface area (Å²) in [4.78, 5) is 0. The van der Waals surface area contributed by atoms with E-state index in [1.165, 1.54) is 12.8 Å². The predicted molar refractivity (Wildman–Crippen MR) is 61.9 cm³/mol. The van der Waals surface area contributed by atoms with Gasteiger partial charge in [-0.15, -0.1) is 0 Å². The molecule has 0 amide bonds. The standard InChI is InChI=1S/C12H25NO2/c1-3-4-7-15-9-12(14)8-13-10(2)11-5-6-11/h10-14H,3-9H2,1-2H3. The lowest BCUT2D eigenvalue weighted by Gasteiger charge is -2.16.